The molecule has 0 bridgehead atoms. The summed E-state index contributed by atoms with van der Waals surface area (Å²) in [6.45, 7) is 9.75. The van der Waals surface area contributed by atoms with Crippen LogP contribution in [0, 0.1) is 11.6 Å². The molecule has 0 aliphatic carbocycles. The van der Waals surface area contributed by atoms with Crippen molar-refractivity contribution in [2.75, 3.05) is 32.8 Å². The van der Waals surface area contributed by atoms with Gasteiger partial charge in [0.1, 0.15) is 11.6 Å². The van der Waals surface area contributed by atoms with E-state index in [4.69, 9.17) is 4.74 Å². The van der Waals surface area contributed by atoms with E-state index in [0.29, 0.717) is 18.2 Å². The monoisotopic (exact) mass is 481 g/mol. The number of rotatable bonds is 6. The van der Waals surface area contributed by atoms with Crippen molar-refractivity contribution in [3.8, 4) is 0 Å². The minimum absolute atomic E-state index is 0. The Bertz CT molecular complexity index is 578. The molecular weight excluding hydrogens is 451 g/mol. The molecule has 1 aliphatic rings. The second kappa shape index (κ2) is 11.7. The lowest BCUT2D eigenvalue weighted by Gasteiger charge is -2.34. The van der Waals surface area contributed by atoms with Crippen molar-refractivity contribution in [2.45, 2.75) is 45.6 Å². The van der Waals surface area contributed by atoms with Gasteiger partial charge in [-0.2, -0.15) is 0 Å². The molecule has 148 valence electrons. The minimum atomic E-state index is -0.553. The first-order valence-corrected chi connectivity index (χ1v) is 9.14. The average Bonchev–Trinajstić information content (AvgIpc) is 2.59. The predicted octanol–water partition coefficient (Wildman–Crippen LogP) is 4.15. The van der Waals surface area contributed by atoms with Gasteiger partial charge in [0.25, 0.3) is 0 Å². The van der Waals surface area contributed by atoms with Crippen molar-refractivity contribution in [2.24, 2.45) is 4.99 Å². The molecule has 0 saturated carbocycles. The number of nitrogens with zero attached hydrogens (tertiary/aromatic N) is 2. The number of piperidine rings is 1. The van der Waals surface area contributed by atoms with Crippen molar-refractivity contribution < 1.29 is 13.5 Å². The molecule has 2 rings (SSSR count). The van der Waals surface area contributed by atoms with Crippen molar-refractivity contribution >= 4 is 29.9 Å². The average molecular weight is 481 g/mol. The van der Waals surface area contributed by atoms with E-state index >= 15 is 0 Å². The lowest BCUT2D eigenvalue weighted by Crippen LogP contribution is -2.47. The Morgan fingerprint density at radius 1 is 1.31 bits per heavy atom. The number of halogens is 3. The Morgan fingerprint density at radius 3 is 2.58 bits per heavy atom. The summed E-state index contributed by atoms with van der Waals surface area (Å²) in [5.74, 6) is -0.324. The van der Waals surface area contributed by atoms with Crippen LogP contribution in [0.1, 0.15) is 45.1 Å². The summed E-state index contributed by atoms with van der Waals surface area (Å²) in [4.78, 5) is 6.91. The van der Waals surface area contributed by atoms with E-state index in [1.807, 2.05) is 20.8 Å². The smallest absolute Gasteiger partial charge is 0.193 e. The first kappa shape index (κ1) is 23.1. The molecule has 1 fully saturated rings. The Labute approximate surface area is 172 Å². The van der Waals surface area contributed by atoms with Gasteiger partial charge in [-0.25, -0.2) is 8.78 Å². The van der Waals surface area contributed by atoms with Gasteiger partial charge >= 0.3 is 0 Å². The molecule has 0 aromatic heterocycles. The maximum Gasteiger partial charge on any atom is 0.193 e. The van der Waals surface area contributed by atoms with Gasteiger partial charge in [-0.3, -0.25) is 4.99 Å². The summed E-state index contributed by atoms with van der Waals surface area (Å²) in [7, 11) is 0. The third kappa shape index (κ3) is 6.64. The lowest BCUT2D eigenvalue weighted by molar-refractivity contribution is 0.0263. The van der Waals surface area contributed by atoms with Gasteiger partial charge in [0.2, 0.25) is 0 Å². The van der Waals surface area contributed by atoms with Crippen LogP contribution in [-0.2, 0) is 4.74 Å². The van der Waals surface area contributed by atoms with Crippen LogP contribution in [0.15, 0.2) is 23.2 Å². The zero-order valence-electron chi connectivity index (χ0n) is 15.8. The second-order valence-corrected chi connectivity index (χ2v) is 6.40. The highest BCUT2D eigenvalue weighted by Gasteiger charge is 2.22. The molecule has 4 nitrogen and oxygen atoms in total. The molecule has 1 atom stereocenters. The minimum Gasteiger partial charge on any atom is -0.378 e. The number of aliphatic imine (C=N–C) groups is 1. The van der Waals surface area contributed by atoms with Gasteiger partial charge < -0.3 is 15.0 Å². The molecule has 1 saturated heterocycles. The van der Waals surface area contributed by atoms with Gasteiger partial charge in [-0.05, 0) is 38.3 Å². The van der Waals surface area contributed by atoms with E-state index in [1.165, 1.54) is 12.1 Å². The number of nitrogens with one attached hydrogen (secondary N) is 1. The zero-order valence-corrected chi connectivity index (χ0v) is 18.1. The maximum atomic E-state index is 13.9. The fourth-order valence-corrected chi connectivity index (χ4v) is 3.12. The molecule has 1 aromatic rings. The van der Waals surface area contributed by atoms with Crippen LogP contribution in [-0.4, -0.2) is 49.7 Å². The largest absolute Gasteiger partial charge is 0.378 e. The molecule has 1 N–H and O–H groups in total. The summed E-state index contributed by atoms with van der Waals surface area (Å²) in [6.07, 6.45) is 2.30. The molecule has 1 heterocycles. The number of hydrogen-bond donors (Lipinski definition) is 1. The molecule has 1 unspecified atom stereocenters. The number of benzene rings is 1. The second-order valence-electron chi connectivity index (χ2n) is 6.40. The number of likely N-dealkylation sites (tertiary alicyclic amines) is 1. The third-order valence-corrected chi connectivity index (χ3v) is 4.49. The SMILES string of the molecule is CCNC(=NCC(C)c1ccc(F)cc1F)N1CCC(OCC)CC1.I. The van der Waals surface area contributed by atoms with E-state index in [2.05, 4.69) is 15.2 Å². The molecule has 1 aliphatic heterocycles. The van der Waals surface area contributed by atoms with Gasteiger partial charge in [0, 0.05) is 44.8 Å². The number of hydrogen-bond acceptors (Lipinski definition) is 2. The number of guanidine groups is 1. The standard InChI is InChI=1S/C19H29F2N3O.HI/c1-4-22-19(24-10-8-16(9-11-24)25-5-2)23-13-14(3)17-7-6-15(20)12-18(17)21;/h6-7,12,14,16H,4-5,8-11,13H2,1-3H3,(H,22,23);1H. The van der Waals surface area contributed by atoms with Gasteiger partial charge in [-0.15, -0.1) is 24.0 Å². The van der Waals surface area contributed by atoms with Crippen LogP contribution < -0.4 is 5.32 Å². The van der Waals surface area contributed by atoms with E-state index in [9.17, 15) is 8.78 Å². The Morgan fingerprint density at radius 2 is 2.00 bits per heavy atom. The van der Waals surface area contributed by atoms with Crippen LogP contribution in [0.5, 0.6) is 0 Å². The number of ether oxygens (including phenoxy) is 1. The van der Waals surface area contributed by atoms with E-state index < -0.39 is 11.6 Å². The molecule has 1 aromatic carbocycles. The molecule has 0 radical (unpaired) electrons. The van der Waals surface area contributed by atoms with E-state index in [0.717, 1.165) is 51.1 Å². The molecular formula is C19H30F2IN3O. The van der Waals surface area contributed by atoms with Crippen LogP contribution in [0.2, 0.25) is 0 Å². The Hall–Kier alpha value is -0.960. The zero-order chi connectivity index (χ0) is 18.2. The molecule has 0 spiro atoms. The van der Waals surface area contributed by atoms with Crippen molar-refractivity contribution in [3.63, 3.8) is 0 Å². The van der Waals surface area contributed by atoms with Crippen LogP contribution >= 0.6 is 24.0 Å². The summed E-state index contributed by atoms with van der Waals surface area (Å²) >= 11 is 0. The van der Waals surface area contributed by atoms with Gasteiger partial charge in [0.15, 0.2) is 5.96 Å². The highest BCUT2D eigenvalue weighted by atomic mass is 127. The third-order valence-electron chi connectivity index (χ3n) is 4.49. The summed E-state index contributed by atoms with van der Waals surface area (Å²) in [6, 6.07) is 3.73. The first-order chi connectivity index (χ1) is 12.0. The van der Waals surface area contributed by atoms with Crippen LogP contribution in [0.3, 0.4) is 0 Å². The van der Waals surface area contributed by atoms with Crippen molar-refractivity contribution in [1.29, 1.82) is 0 Å². The summed E-state index contributed by atoms with van der Waals surface area (Å²) in [5, 5.41) is 3.31. The van der Waals surface area contributed by atoms with Crippen LogP contribution in [0.25, 0.3) is 0 Å². The highest BCUT2D eigenvalue weighted by molar-refractivity contribution is 14.0. The molecule has 0 amide bonds. The fourth-order valence-electron chi connectivity index (χ4n) is 3.12. The highest BCUT2D eigenvalue weighted by Crippen LogP contribution is 2.20. The maximum absolute atomic E-state index is 13.9. The van der Waals surface area contributed by atoms with E-state index in [1.54, 1.807) is 0 Å². The van der Waals surface area contributed by atoms with Gasteiger partial charge in [-0.1, -0.05) is 13.0 Å². The Balaban J connectivity index is 0.00000338. The molecule has 7 heteroatoms. The predicted molar refractivity (Wildman–Crippen MR) is 112 cm³/mol. The quantitative estimate of drug-likeness (QED) is 0.377. The normalized spacial score (nSPS) is 17.0. The van der Waals surface area contributed by atoms with Gasteiger partial charge in [0.05, 0.1) is 6.10 Å². The van der Waals surface area contributed by atoms with E-state index in [-0.39, 0.29) is 29.9 Å². The fraction of sp³-hybridized carbons (Fsp3) is 0.632. The first-order valence-electron chi connectivity index (χ1n) is 9.14. The summed E-state index contributed by atoms with van der Waals surface area (Å²) < 4.78 is 32.7. The molecule has 26 heavy (non-hydrogen) atoms. The van der Waals surface area contributed by atoms with Crippen LogP contribution in [0.4, 0.5) is 8.78 Å². The lowest BCUT2D eigenvalue weighted by atomic mass is 10.0. The van der Waals surface area contributed by atoms with Crippen molar-refractivity contribution in [1.82, 2.24) is 10.2 Å². The Kier molecular flexibility index (Phi) is 10.4. The summed E-state index contributed by atoms with van der Waals surface area (Å²) in [5.41, 5.74) is 0.496. The van der Waals surface area contributed by atoms with Crippen molar-refractivity contribution in [3.05, 3.63) is 35.4 Å². The topological polar surface area (TPSA) is 36.9 Å².